The molecule has 1 aromatic heterocycles. The van der Waals surface area contributed by atoms with Gasteiger partial charge in [0.25, 0.3) is 0 Å². The van der Waals surface area contributed by atoms with Gasteiger partial charge in [0.05, 0.1) is 0 Å². The number of pyridine rings is 1. The van der Waals surface area contributed by atoms with Gasteiger partial charge in [-0.1, -0.05) is 0 Å². The second kappa shape index (κ2) is 9.54. The average molecular weight is 428 g/mol. The van der Waals surface area contributed by atoms with Crippen molar-refractivity contribution in [3.63, 3.8) is 0 Å². The number of rotatable bonds is 5. The van der Waals surface area contributed by atoms with E-state index in [1.165, 1.54) is 12.1 Å². The number of halogens is 3. The molecule has 1 saturated heterocycles. The summed E-state index contributed by atoms with van der Waals surface area (Å²) in [6, 6.07) is 9.42. The number of carbonyl (C=O) groups is 1. The van der Waals surface area contributed by atoms with Crippen molar-refractivity contribution in [2.75, 3.05) is 13.1 Å². The zero-order valence-corrected chi connectivity index (χ0v) is 17.0. The summed E-state index contributed by atoms with van der Waals surface area (Å²) in [5, 5.41) is 6.39. The molecule has 1 aliphatic heterocycles. The number of amides is 1. The molecular formula is C20H24Cl2FN3O2. The van der Waals surface area contributed by atoms with Gasteiger partial charge in [-0.2, -0.15) is 0 Å². The molecule has 1 aromatic carbocycles. The molecule has 2 aromatic rings. The number of nitrogens with one attached hydrogen (secondary N) is 2. The minimum Gasteiger partial charge on any atom is -0.439 e. The average Bonchev–Trinajstić information content (AvgIpc) is 3.35. The molecule has 2 fully saturated rings. The fraction of sp³-hybridized carbons (Fsp3) is 0.400. The second-order valence-corrected chi connectivity index (χ2v) is 7.15. The van der Waals surface area contributed by atoms with Gasteiger partial charge in [-0.05, 0) is 73.7 Å². The van der Waals surface area contributed by atoms with Crippen molar-refractivity contribution in [1.82, 2.24) is 15.6 Å². The molecule has 28 heavy (non-hydrogen) atoms. The molecule has 1 amide bonds. The maximum absolute atomic E-state index is 13.0. The maximum Gasteiger partial charge on any atom is 0.223 e. The molecule has 2 aliphatic rings. The van der Waals surface area contributed by atoms with Crippen LogP contribution >= 0.6 is 24.8 Å². The molecule has 1 saturated carbocycles. The van der Waals surface area contributed by atoms with E-state index in [0.29, 0.717) is 18.2 Å². The predicted octanol–water partition coefficient (Wildman–Crippen LogP) is 3.86. The van der Waals surface area contributed by atoms with Crippen LogP contribution in [0.4, 0.5) is 4.39 Å². The number of benzene rings is 1. The summed E-state index contributed by atoms with van der Waals surface area (Å²) >= 11 is 0. The lowest BCUT2D eigenvalue weighted by Crippen LogP contribution is -2.33. The normalized spacial score (nSPS) is 19.1. The highest BCUT2D eigenvalue weighted by Gasteiger charge is 2.57. The molecule has 8 heteroatoms. The number of nitrogens with zero attached hydrogens (tertiary/aromatic N) is 1. The first kappa shape index (κ1) is 22.4. The van der Waals surface area contributed by atoms with E-state index in [2.05, 4.69) is 15.6 Å². The highest BCUT2D eigenvalue weighted by atomic mass is 35.5. The van der Waals surface area contributed by atoms with Gasteiger partial charge in [-0.15, -0.1) is 24.8 Å². The summed E-state index contributed by atoms with van der Waals surface area (Å²) in [7, 11) is 0. The number of aromatic nitrogens is 1. The third-order valence-electron chi connectivity index (χ3n) is 5.41. The monoisotopic (exact) mass is 427 g/mol. The molecule has 2 N–H and O–H groups in total. The van der Waals surface area contributed by atoms with E-state index in [1.807, 2.05) is 6.07 Å². The molecule has 1 unspecified atom stereocenters. The van der Waals surface area contributed by atoms with Crippen molar-refractivity contribution in [3.8, 4) is 11.6 Å². The molecular weight excluding hydrogens is 404 g/mol. The smallest absolute Gasteiger partial charge is 0.223 e. The number of carbonyl (C=O) groups excluding carboxylic acids is 1. The lowest BCUT2D eigenvalue weighted by molar-refractivity contribution is -0.123. The second-order valence-electron chi connectivity index (χ2n) is 7.15. The molecule has 1 atom stereocenters. The van der Waals surface area contributed by atoms with E-state index in [-0.39, 0.29) is 47.9 Å². The summed E-state index contributed by atoms with van der Waals surface area (Å²) in [5.41, 5.74) is 1.16. The van der Waals surface area contributed by atoms with Crippen LogP contribution in [0.25, 0.3) is 0 Å². The SMILES string of the molecule is Cl.Cl.O=C(NCc1ccnc(Oc2ccc(F)cc2)c1)C1CC12CCNCC2. The summed E-state index contributed by atoms with van der Waals surface area (Å²) in [4.78, 5) is 16.6. The maximum atomic E-state index is 13.0. The van der Waals surface area contributed by atoms with Crippen molar-refractivity contribution in [1.29, 1.82) is 0 Å². The zero-order valence-electron chi connectivity index (χ0n) is 15.3. The Bertz CT molecular complexity index is 798. The van der Waals surface area contributed by atoms with Crippen molar-refractivity contribution in [3.05, 3.63) is 54.0 Å². The van der Waals surface area contributed by atoms with Crippen LogP contribution in [0.3, 0.4) is 0 Å². The Labute approximate surface area is 176 Å². The Morgan fingerprint density at radius 1 is 1.21 bits per heavy atom. The highest BCUT2D eigenvalue weighted by Crippen LogP contribution is 2.58. The molecule has 152 valence electrons. The standard InChI is InChI=1S/C20H22FN3O2.2ClH/c21-15-1-3-16(4-2-15)26-18-11-14(5-8-23-18)13-24-19(25)17-12-20(17)6-9-22-10-7-20;;/h1-5,8,11,17,22H,6-7,9-10,12-13H2,(H,24,25);2*1H. The quantitative estimate of drug-likeness (QED) is 0.759. The van der Waals surface area contributed by atoms with Crippen LogP contribution in [0.1, 0.15) is 24.8 Å². The molecule has 0 bridgehead atoms. The van der Waals surface area contributed by atoms with Crippen LogP contribution in [0.2, 0.25) is 0 Å². The number of piperidine rings is 1. The van der Waals surface area contributed by atoms with Crippen molar-refractivity contribution in [2.24, 2.45) is 11.3 Å². The largest absolute Gasteiger partial charge is 0.439 e. The first-order chi connectivity index (χ1) is 12.6. The Kier molecular flexibility index (Phi) is 7.63. The van der Waals surface area contributed by atoms with E-state index < -0.39 is 0 Å². The zero-order chi connectivity index (χ0) is 18.0. The molecule has 1 spiro atoms. The number of hydrogen-bond acceptors (Lipinski definition) is 4. The Morgan fingerprint density at radius 3 is 2.64 bits per heavy atom. The summed E-state index contributed by atoms with van der Waals surface area (Å²) in [6.07, 6.45) is 4.84. The highest BCUT2D eigenvalue weighted by molar-refractivity contribution is 5.85. The summed E-state index contributed by atoms with van der Waals surface area (Å²) in [6.45, 7) is 2.47. The van der Waals surface area contributed by atoms with Crippen molar-refractivity contribution >= 4 is 30.7 Å². The van der Waals surface area contributed by atoms with Gasteiger partial charge in [0.1, 0.15) is 11.6 Å². The number of ether oxygens (including phenoxy) is 1. The van der Waals surface area contributed by atoms with Crippen LogP contribution in [0.5, 0.6) is 11.6 Å². The van der Waals surface area contributed by atoms with Gasteiger partial charge in [-0.3, -0.25) is 4.79 Å². The molecule has 0 radical (unpaired) electrons. The van der Waals surface area contributed by atoms with Crippen molar-refractivity contribution < 1.29 is 13.9 Å². The first-order valence-electron chi connectivity index (χ1n) is 9.01. The summed E-state index contributed by atoms with van der Waals surface area (Å²) < 4.78 is 18.6. The Hall–Kier alpha value is -1.89. The van der Waals surface area contributed by atoms with Crippen molar-refractivity contribution in [2.45, 2.75) is 25.8 Å². The topological polar surface area (TPSA) is 63.2 Å². The number of hydrogen-bond donors (Lipinski definition) is 2. The fourth-order valence-electron chi connectivity index (χ4n) is 3.75. The Balaban J connectivity index is 0.00000140. The third kappa shape index (κ3) is 5.13. The van der Waals surface area contributed by atoms with Crippen LogP contribution < -0.4 is 15.4 Å². The fourth-order valence-corrected chi connectivity index (χ4v) is 3.75. The minimum absolute atomic E-state index is 0. The van der Waals surface area contributed by atoms with E-state index in [1.54, 1.807) is 24.4 Å². The van der Waals surface area contributed by atoms with E-state index in [0.717, 1.165) is 37.9 Å². The summed E-state index contributed by atoms with van der Waals surface area (Å²) in [5.74, 6) is 0.926. The van der Waals surface area contributed by atoms with Gasteiger partial charge in [0.15, 0.2) is 0 Å². The minimum atomic E-state index is -0.312. The van der Waals surface area contributed by atoms with Crippen LogP contribution in [-0.2, 0) is 11.3 Å². The molecule has 4 rings (SSSR count). The first-order valence-corrected chi connectivity index (χ1v) is 9.01. The van der Waals surface area contributed by atoms with Gasteiger partial charge in [0.2, 0.25) is 11.8 Å². The van der Waals surface area contributed by atoms with E-state index in [4.69, 9.17) is 4.74 Å². The van der Waals surface area contributed by atoms with E-state index in [9.17, 15) is 9.18 Å². The predicted molar refractivity (Wildman–Crippen MR) is 110 cm³/mol. The third-order valence-corrected chi connectivity index (χ3v) is 5.41. The molecule has 2 heterocycles. The van der Waals surface area contributed by atoms with Crippen LogP contribution in [-0.4, -0.2) is 24.0 Å². The molecule has 1 aliphatic carbocycles. The van der Waals surface area contributed by atoms with Gasteiger partial charge < -0.3 is 15.4 Å². The Morgan fingerprint density at radius 2 is 1.93 bits per heavy atom. The molecule has 5 nitrogen and oxygen atoms in total. The van der Waals surface area contributed by atoms with E-state index >= 15 is 0 Å². The van der Waals surface area contributed by atoms with Gasteiger partial charge >= 0.3 is 0 Å². The lowest BCUT2D eigenvalue weighted by atomic mass is 9.92. The lowest BCUT2D eigenvalue weighted by Gasteiger charge is -2.23. The van der Waals surface area contributed by atoms with Gasteiger partial charge in [0, 0.05) is 24.7 Å². The van der Waals surface area contributed by atoms with Crippen LogP contribution in [0.15, 0.2) is 42.6 Å². The van der Waals surface area contributed by atoms with Crippen LogP contribution in [0, 0.1) is 17.2 Å². The van der Waals surface area contributed by atoms with Gasteiger partial charge in [-0.25, -0.2) is 9.37 Å².